The molecule has 0 aromatic heterocycles. The Hall–Kier alpha value is -1.04. The highest BCUT2D eigenvalue weighted by Gasteiger charge is 1.88. The van der Waals surface area contributed by atoms with E-state index in [4.69, 9.17) is 0 Å². The Kier molecular flexibility index (Phi) is 18.0. The number of allylic oxidation sites excluding steroid dienone is 7. The van der Waals surface area contributed by atoms with Gasteiger partial charge in [-0.25, -0.2) is 0 Å². The predicted molar refractivity (Wildman–Crippen MR) is 101 cm³/mol. The summed E-state index contributed by atoms with van der Waals surface area (Å²) in [6, 6.07) is 0. The first-order valence-electron chi connectivity index (χ1n) is 8.56. The lowest BCUT2D eigenvalue weighted by molar-refractivity contribution is 0.702. The van der Waals surface area contributed by atoms with E-state index in [2.05, 4.69) is 66.3 Å². The van der Waals surface area contributed by atoms with E-state index in [9.17, 15) is 0 Å². The molecular formula is C21H38. The number of hydrogen-bond donors (Lipinski definition) is 0. The summed E-state index contributed by atoms with van der Waals surface area (Å²) in [5, 5.41) is 0. The van der Waals surface area contributed by atoms with Gasteiger partial charge in [0.25, 0.3) is 0 Å². The van der Waals surface area contributed by atoms with Crippen LogP contribution in [0.15, 0.2) is 47.6 Å². The van der Waals surface area contributed by atoms with Crippen molar-refractivity contribution >= 4 is 0 Å². The number of rotatable bonds is 9. The molecule has 0 spiro atoms. The van der Waals surface area contributed by atoms with E-state index in [1.165, 1.54) is 48.8 Å². The molecule has 0 bridgehead atoms. The summed E-state index contributed by atoms with van der Waals surface area (Å²) in [4.78, 5) is 0. The van der Waals surface area contributed by atoms with Crippen LogP contribution in [-0.2, 0) is 0 Å². The molecule has 0 nitrogen and oxygen atoms in total. The van der Waals surface area contributed by atoms with E-state index in [-0.39, 0.29) is 0 Å². The first-order valence-corrected chi connectivity index (χ1v) is 8.56. The van der Waals surface area contributed by atoms with E-state index in [0.717, 1.165) is 12.8 Å². The highest BCUT2D eigenvalue weighted by molar-refractivity contribution is 5.15. The maximum atomic E-state index is 3.73. The average molecular weight is 291 g/mol. The van der Waals surface area contributed by atoms with Gasteiger partial charge in [0.15, 0.2) is 0 Å². The molecule has 0 rings (SSSR count). The van der Waals surface area contributed by atoms with Gasteiger partial charge in [0.1, 0.15) is 0 Å². The molecule has 0 heteroatoms. The molecule has 21 heavy (non-hydrogen) atoms. The lowest BCUT2D eigenvalue weighted by Crippen LogP contribution is -1.77. The van der Waals surface area contributed by atoms with E-state index >= 15 is 0 Å². The van der Waals surface area contributed by atoms with Crippen molar-refractivity contribution in [1.82, 2.24) is 0 Å². The maximum absolute atomic E-state index is 3.73. The first kappa shape index (κ1) is 22.2. The van der Waals surface area contributed by atoms with Crippen LogP contribution in [0, 0.1) is 0 Å². The average Bonchev–Trinajstić information content (AvgIpc) is 2.45. The van der Waals surface area contributed by atoms with E-state index in [1.54, 1.807) is 0 Å². The normalized spacial score (nSPS) is 11.5. The highest BCUT2D eigenvalue weighted by atomic mass is 13.9. The minimum absolute atomic E-state index is 1.03. The van der Waals surface area contributed by atoms with Crippen LogP contribution in [0.3, 0.4) is 0 Å². The Morgan fingerprint density at radius 2 is 1.43 bits per heavy atom. The largest absolute Gasteiger partial charge is 0.0988 e. The summed E-state index contributed by atoms with van der Waals surface area (Å²) in [5.74, 6) is 0. The highest BCUT2D eigenvalue weighted by Crippen LogP contribution is 2.08. The van der Waals surface area contributed by atoms with Crippen molar-refractivity contribution in [3.63, 3.8) is 0 Å². The van der Waals surface area contributed by atoms with Crippen molar-refractivity contribution in [3.8, 4) is 0 Å². The molecule has 0 saturated heterocycles. The van der Waals surface area contributed by atoms with Gasteiger partial charge in [-0.15, -0.1) is 0 Å². The van der Waals surface area contributed by atoms with Gasteiger partial charge in [-0.3, -0.25) is 0 Å². The summed E-state index contributed by atoms with van der Waals surface area (Å²) in [7, 11) is 0. The van der Waals surface area contributed by atoms with Crippen LogP contribution < -0.4 is 0 Å². The fourth-order valence-corrected chi connectivity index (χ4v) is 1.72. The van der Waals surface area contributed by atoms with Crippen molar-refractivity contribution in [3.05, 3.63) is 47.6 Å². The molecule has 0 aliphatic heterocycles. The van der Waals surface area contributed by atoms with Crippen molar-refractivity contribution < 1.29 is 0 Å². The lowest BCUT2D eigenvalue weighted by Gasteiger charge is -1.98. The molecule has 0 heterocycles. The van der Waals surface area contributed by atoms with E-state index < -0.39 is 0 Å². The van der Waals surface area contributed by atoms with E-state index in [1.807, 2.05) is 6.08 Å². The minimum Gasteiger partial charge on any atom is -0.0988 e. The fraction of sp³-hybridized carbons (Fsp3) is 0.619. The van der Waals surface area contributed by atoms with Gasteiger partial charge in [0.05, 0.1) is 0 Å². The quantitative estimate of drug-likeness (QED) is 0.231. The van der Waals surface area contributed by atoms with Crippen LogP contribution >= 0.6 is 0 Å². The second-order valence-electron chi connectivity index (χ2n) is 5.97. The van der Waals surface area contributed by atoms with Gasteiger partial charge in [-0.1, -0.05) is 87.1 Å². The molecule has 0 aliphatic carbocycles. The fourth-order valence-electron chi connectivity index (χ4n) is 1.72. The monoisotopic (exact) mass is 290 g/mol. The van der Waals surface area contributed by atoms with Crippen LogP contribution in [0.2, 0.25) is 0 Å². The smallest absolute Gasteiger partial charge is 0.0161 e. The number of unbranched alkanes of at least 4 members (excludes halogenated alkanes) is 3. The SMILES string of the molecule is C=CC(C)=CCC=C(C)CCC=C(C)C.CCCCCC. The van der Waals surface area contributed by atoms with Gasteiger partial charge in [-0.2, -0.15) is 0 Å². The minimum atomic E-state index is 1.03. The summed E-state index contributed by atoms with van der Waals surface area (Å²) < 4.78 is 0. The van der Waals surface area contributed by atoms with Gasteiger partial charge in [-0.05, 0) is 47.0 Å². The van der Waals surface area contributed by atoms with Crippen LogP contribution in [-0.4, -0.2) is 0 Å². The van der Waals surface area contributed by atoms with Crippen LogP contribution in [0.25, 0.3) is 0 Å². The van der Waals surface area contributed by atoms with Crippen molar-refractivity contribution in [2.75, 3.05) is 0 Å². The Labute approximate surface area is 134 Å². The molecule has 122 valence electrons. The molecule has 0 aromatic rings. The van der Waals surface area contributed by atoms with Crippen LogP contribution in [0.5, 0.6) is 0 Å². The van der Waals surface area contributed by atoms with Crippen LogP contribution in [0.1, 0.15) is 86.5 Å². The zero-order valence-corrected chi connectivity index (χ0v) is 15.5. The van der Waals surface area contributed by atoms with Crippen molar-refractivity contribution in [2.24, 2.45) is 0 Å². The summed E-state index contributed by atoms with van der Waals surface area (Å²) in [5.41, 5.74) is 4.13. The Balaban J connectivity index is 0. The number of hydrogen-bond acceptors (Lipinski definition) is 0. The second kappa shape index (κ2) is 17.0. The third kappa shape index (κ3) is 21.4. The molecule has 0 amide bonds. The predicted octanol–water partition coefficient (Wildman–Crippen LogP) is 7.79. The van der Waals surface area contributed by atoms with Crippen molar-refractivity contribution in [1.29, 1.82) is 0 Å². The summed E-state index contributed by atoms with van der Waals surface area (Å²) >= 11 is 0. The molecule has 0 radical (unpaired) electrons. The Morgan fingerprint density at radius 3 is 1.86 bits per heavy atom. The van der Waals surface area contributed by atoms with Gasteiger partial charge >= 0.3 is 0 Å². The summed E-state index contributed by atoms with van der Waals surface area (Å²) in [6.07, 6.45) is 17.6. The third-order valence-corrected chi connectivity index (χ3v) is 3.28. The van der Waals surface area contributed by atoms with Gasteiger partial charge < -0.3 is 0 Å². The lowest BCUT2D eigenvalue weighted by atomic mass is 10.1. The molecular weight excluding hydrogens is 252 g/mol. The molecule has 0 N–H and O–H groups in total. The molecule has 0 atom stereocenters. The Bertz CT molecular complexity index is 318. The Morgan fingerprint density at radius 1 is 0.857 bits per heavy atom. The van der Waals surface area contributed by atoms with E-state index in [0.29, 0.717) is 0 Å². The molecule has 0 fully saturated rings. The zero-order valence-electron chi connectivity index (χ0n) is 15.5. The topological polar surface area (TPSA) is 0 Å². The first-order chi connectivity index (χ1) is 9.97. The van der Waals surface area contributed by atoms with Gasteiger partial charge in [0, 0.05) is 0 Å². The molecule has 0 saturated carbocycles. The van der Waals surface area contributed by atoms with Crippen LogP contribution in [0.4, 0.5) is 0 Å². The molecule has 0 unspecified atom stereocenters. The van der Waals surface area contributed by atoms with Gasteiger partial charge in [0.2, 0.25) is 0 Å². The van der Waals surface area contributed by atoms with Crippen molar-refractivity contribution in [2.45, 2.75) is 86.5 Å². The maximum Gasteiger partial charge on any atom is -0.0161 e. The molecule has 0 aromatic carbocycles. The zero-order chi connectivity index (χ0) is 16.5. The second-order valence-corrected chi connectivity index (χ2v) is 5.97. The molecule has 0 aliphatic rings. The standard InChI is InChI=1S/C15H24.C6H14/c1-6-14(4)10-8-12-15(5)11-7-9-13(2)3;1-3-5-6-4-2/h6,9-10,12H,1,7-8,11H2,2-5H3;3-6H2,1-2H3. The summed E-state index contributed by atoms with van der Waals surface area (Å²) in [6.45, 7) is 16.8. The third-order valence-electron chi connectivity index (χ3n) is 3.28.